The maximum Gasteiger partial charge on any atom is 0.245 e. The van der Waals surface area contributed by atoms with Crippen LogP contribution < -0.4 is 15.5 Å². The smallest absolute Gasteiger partial charge is 0.245 e. The average Bonchev–Trinajstić information content (AvgIpc) is 3.04. The van der Waals surface area contributed by atoms with Crippen molar-refractivity contribution < 1.29 is 14.3 Å². The minimum atomic E-state index is -0.666. The van der Waals surface area contributed by atoms with E-state index in [2.05, 4.69) is 63.9 Å². The van der Waals surface area contributed by atoms with Gasteiger partial charge in [0.2, 0.25) is 11.8 Å². The van der Waals surface area contributed by atoms with Gasteiger partial charge in [0.25, 0.3) is 0 Å². The quantitative estimate of drug-likeness (QED) is 0.349. The highest BCUT2D eigenvalue weighted by atomic mass is 35.5. The molecule has 1 saturated heterocycles. The molecule has 5 rings (SSSR count). The van der Waals surface area contributed by atoms with Crippen molar-refractivity contribution in [2.75, 3.05) is 58.4 Å². The molecule has 2 N–H and O–H groups in total. The van der Waals surface area contributed by atoms with Gasteiger partial charge >= 0.3 is 0 Å². The van der Waals surface area contributed by atoms with Gasteiger partial charge in [-0.15, -0.1) is 0 Å². The molecule has 2 heterocycles. The summed E-state index contributed by atoms with van der Waals surface area (Å²) in [6.07, 6.45) is 1.00. The Hall–Kier alpha value is -3.43. The van der Waals surface area contributed by atoms with Gasteiger partial charge < -0.3 is 25.2 Å². The fourth-order valence-electron chi connectivity index (χ4n) is 5.93. The third kappa shape index (κ3) is 8.15. The Morgan fingerprint density at radius 1 is 1.00 bits per heavy atom. The molecule has 0 aliphatic carbocycles. The highest BCUT2D eigenvalue weighted by Gasteiger charge is 2.32. The maximum absolute atomic E-state index is 14.0. The maximum atomic E-state index is 14.0. The van der Waals surface area contributed by atoms with Crippen LogP contribution in [0.5, 0.6) is 0 Å². The Kier molecular flexibility index (Phi) is 10.7. The van der Waals surface area contributed by atoms with E-state index < -0.39 is 6.04 Å². The number of halogens is 1. The lowest BCUT2D eigenvalue weighted by atomic mass is 9.95. The summed E-state index contributed by atoms with van der Waals surface area (Å²) >= 11 is 6.12. The second-order valence-corrected chi connectivity index (χ2v) is 11.9. The molecule has 8 nitrogen and oxygen atoms in total. The lowest BCUT2D eigenvalue weighted by molar-refractivity contribution is -0.137. The Morgan fingerprint density at radius 2 is 1.70 bits per heavy atom. The normalized spacial score (nSPS) is 17.4. The van der Waals surface area contributed by atoms with E-state index in [1.165, 1.54) is 22.4 Å². The Labute approximate surface area is 259 Å². The number of fused-ring (bicyclic) bond motifs is 1. The Balaban J connectivity index is 1.25. The summed E-state index contributed by atoms with van der Waals surface area (Å²) in [5, 5.41) is 7.11. The molecule has 9 heteroatoms. The molecule has 228 valence electrons. The summed E-state index contributed by atoms with van der Waals surface area (Å²) in [6, 6.07) is 23.1. The number of likely N-dealkylation sites (N-methyl/N-ethyl adjacent to an activating group) is 1. The van der Waals surface area contributed by atoms with Crippen LogP contribution in [0.4, 0.5) is 5.69 Å². The zero-order valence-electron chi connectivity index (χ0n) is 25.1. The number of para-hydroxylation sites is 1. The third-order valence-corrected chi connectivity index (χ3v) is 8.66. The van der Waals surface area contributed by atoms with Crippen molar-refractivity contribution in [1.29, 1.82) is 0 Å². The van der Waals surface area contributed by atoms with Gasteiger partial charge in [-0.2, -0.15) is 0 Å². The number of amides is 2. The number of benzene rings is 3. The predicted molar refractivity (Wildman–Crippen MR) is 171 cm³/mol. The van der Waals surface area contributed by atoms with E-state index in [1.807, 2.05) is 41.3 Å². The van der Waals surface area contributed by atoms with Crippen molar-refractivity contribution in [3.63, 3.8) is 0 Å². The molecule has 3 aromatic rings. The van der Waals surface area contributed by atoms with Gasteiger partial charge in [0.15, 0.2) is 0 Å². The van der Waals surface area contributed by atoms with Gasteiger partial charge in [-0.25, -0.2) is 0 Å². The van der Waals surface area contributed by atoms with Gasteiger partial charge in [-0.3, -0.25) is 14.5 Å². The lowest BCUT2D eigenvalue weighted by Crippen LogP contribution is -2.58. The molecule has 3 aromatic carbocycles. The zero-order valence-corrected chi connectivity index (χ0v) is 25.9. The number of methoxy groups -OCH3 is 1. The number of anilines is 1. The van der Waals surface area contributed by atoms with E-state index in [0.717, 1.165) is 31.7 Å². The topological polar surface area (TPSA) is 77.2 Å². The molecule has 2 amide bonds. The van der Waals surface area contributed by atoms with Crippen LogP contribution in [-0.2, 0) is 40.3 Å². The molecule has 1 fully saturated rings. The summed E-state index contributed by atoms with van der Waals surface area (Å²) in [6.45, 7) is 5.65. The van der Waals surface area contributed by atoms with Crippen LogP contribution in [0.25, 0.3) is 0 Å². The number of carbonyl (C=O) groups excluding carboxylic acids is 2. The highest BCUT2D eigenvalue weighted by Crippen LogP contribution is 2.24. The standard InChI is InChI=1S/C34H42ClN5O3/c1-38(19-20-43-2)24-28-9-5-6-10-32(28)39-15-17-40(18-16-39)34(42)31(21-25-11-13-29(35)14-12-25)37-33(41)30-22-26-7-3-4-8-27(26)23-36-30/h3-14,30-31,36H,15-24H2,1-2H3,(H,37,41)/t30-,31-/m1/s1. The molecule has 2 aliphatic heterocycles. The van der Waals surface area contributed by atoms with Gasteiger partial charge in [0, 0.05) is 70.1 Å². The SMILES string of the molecule is COCCN(C)Cc1ccccc1N1CCN(C(=O)[C@@H](Cc2ccc(Cl)cc2)NC(=O)[C@H]2Cc3ccccc3CN2)CC1. The molecule has 0 radical (unpaired) electrons. The van der Waals surface area contributed by atoms with E-state index in [9.17, 15) is 9.59 Å². The van der Waals surface area contributed by atoms with E-state index in [0.29, 0.717) is 44.1 Å². The largest absolute Gasteiger partial charge is 0.383 e. The van der Waals surface area contributed by atoms with Crippen molar-refractivity contribution in [1.82, 2.24) is 20.4 Å². The number of piperazine rings is 1. The first-order chi connectivity index (χ1) is 20.9. The molecular formula is C34H42ClN5O3. The van der Waals surface area contributed by atoms with Crippen LogP contribution in [0.2, 0.25) is 5.02 Å². The Bertz CT molecular complexity index is 1380. The van der Waals surface area contributed by atoms with Crippen molar-refractivity contribution in [2.24, 2.45) is 0 Å². The number of hydrogen-bond acceptors (Lipinski definition) is 6. The van der Waals surface area contributed by atoms with E-state index >= 15 is 0 Å². The lowest BCUT2D eigenvalue weighted by Gasteiger charge is -2.39. The molecule has 0 unspecified atom stereocenters. The number of nitrogens with zero attached hydrogens (tertiary/aromatic N) is 3. The van der Waals surface area contributed by atoms with Crippen molar-refractivity contribution in [3.8, 4) is 0 Å². The summed E-state index contributed by atoms with van der Waals surface area (Å²) < 4.78 is 5.24. The summed E-state index contributed by atoms with van der Waals surface area (Å²) in [5.41, 5.74) is 5.80. The van der Waals surface area contributed by atoms with E-state index in [1.54, 1.807) is 7.11 Å². The fourth-order valence-corrected chi connectivity index (χ4v) is 6.05. The van der Waals surface area contributed by atoms with Gasteiger partial charge in [-0.1, -0.05) is 66.2 Å². The van der Waals surface area contributed by atoms with Gasteiger partial charge in [-0.05, 0) is 53.9 Å². The van der Waals surface area contributed by atoms with Crippen LogP contribution in [0.1, 0.15) is 22.3 Å². The van der Waals surface area contributed by atoms with E-state index in [4.69, 9.17) is 16.3 Å². The van der Waals surface area contributed by atoms with Crippen LogP contribution in [0.3, 0.4) is 0 Å². The average molecular weight is 604 g/mol. The zero-order chi connectivity index (χ0) is 30.2. The molecule has 2 atom stereocenters. The summed E-state index contributed by atoms with van der Waals surface area (Å²) in [4.78, 5) is 34.0. The third-order valence-electron chi connectivity index (χ3n) is 8.41. The minimum absolute atomic E-state index is 0.0493. The second-order valence-electron chi connectivity index (χ2n) is 11.5. The minimum Gasteiger partial charge on any atom is -0.383 e. The first-order valence-electron chi connectivity index (χ1n) is 15.1. The number of nitrogens with one attached hydrogen (secondary N) is 2. The van der Waals surface area contributed by atoms with E-state index in [-0.39, 0.29) is 17.9 Å². The molecule has 43 heavy (non-hydrogen) atoms. The highest BCUT2D eigenvalue weighted by molar-refractivity contribution is 6.30. The van der Waals surface area contributed by atoms with Crippen molar-refractivity contribution in [3.05, 3.63) is 100 Å². The molecule has 0 aromatic heterocycles. The molecule has 0 bridgehead atoms. The number of rotatable bonds is 11. The first-order valence-corrected chi connectivity index (χ1v) is 15.4. The molecule has 0 spiro atoms. The monoisotopic (exact) mass is 603 g/mol. The second kappa shape index (κ2) is 14.8. The Morgan fingerprint density at radius 3 is 2.44 bits per heavy atom. The number of carbonyl (C=O) groups is 2. The number of hydrogen-bond donors (Lipinski definition) is 2. The number of ether oxygens (including phenoxy) is 1. The van der Waals surface area contributed by atoms with Crippen LogP contribution in [0.15, 0.2) is 72.8 Å². The fraction of sp³-hybridized carbons (Fsp3) is 0.412. The molecular weight excluding hydrogens is 562 g/mol. The molecule has 2 aliphatic rings. The molecule has 0 saturated carbocycles. The van der Waals surface area contributed by atoms with Crippen LogP contribution in [-0.4, -0.2) is 87.2 Å². The first kappa shape index (κ1) is 31.0. The van der Waals surface area contributed by atoms with Crippen LogP contribution in [0, 0.1) is 0 Å². The van der Waals surface area contributed by atoms with Gasteiger partial charge in [0.05, 0.1) is 12.6 Å². The van der Waals surface area contributed by atoms with Crippen molar-refractivity contribution in [2.45, 2.75) is 38.0 Å². The summed E-state index contributed by atoms with van der Waals surface area (Å²) in [7, 11) is 3.82. The van der Waals surface area contributed by atoms with Gasteiger partial charge in [0.1, 0.15) is 6.04 Å². The predicted octanol–water partition coefficient (Wildman–Crippen LogP) is 3.51. The van der Waals surface area contributed by atoms with Crippen LogP contribution >= 0.6 is 11.6 Å². The summed E-state index contributed by atoms with van der Waals surface area (Å²) in [5.74, 6) is -0.196. The van der Waals surface area contributed by atoms with Crippen molar-refractivity contribution >= 4 is 29.1 Å².